The van der Waals surface area contributed by atoms with E-state index in [0.29, 0.717) is 5.56 Å². The van der Waals surface area contributed by atoms with Crippen LogP contribution < -0.4 is 5.32 Å². The first-order valence-electron chi connectivity index (χ1n) is 8.45. The lowest BCUT2D eigenvalue weighted by atomic mass is 10.2. The lowest BCUT2D eigenvalue weighted by Crippen LogP contribution is -2.23. The number of hydrogen-bond acceptors (Lipinski definition) is 5. The lowest BCUT2D eigenvalue weighted by molar-refractivity contribution is 0.102. The van der Waals surface area contributed by atoms with E-state index >= 15 is 0 Å². The fourth-order valence-corrected chi connectivity index (χ4v) is 4.22. The highest BCUT2D eigenvalue weighted by Gasteiger charge is 2.25. The molecule has 0 aliphatic rings. The van der Waals surface area contributed by atoms with E-state index in [1.807, 2.05) is 0 Å². The highest BCUT2D eigenvalue weighted by Crippen LogP contribution is 2.30. The molecule has 0 aliphatic carbocycles. The van der Waals surface area contributed by atoms with Crippen molar-refractivity contribution in [2.75, 3.05) is 19.4 Å². The van der Waals surface area contributed by atoms with Gasteiger partial charge >= 0.3 is 0 Å². The van der Waals surface area contributed by atoms with Gasteiger partial charge in [0.25, 0.3) is 5.91 Å². The van der Waals surface area contributed by atoms with Gasteiger partial charge in [-0.3, -0.25) is 10.1 Å². The van der Waals surface area contributed by atoms with E-state index in [2.05, 4.69) is 15.4 Å². The average Bonchev–Trinajstić information content (AvgIpc) is 3.10. The quantitative estimate of drug-likeness (QED) is 0.594. The number of nitrogens with one attached hydrogen (secondary N) is 1. The largest absolute Gasteiger partial charge is 0.289 e. The van der Waals surface area contributed by atoms with Gasteiger partial charge in [-0.05, 0) is 18.2 Å². The van der Waals surface area contributed by atoms with Crippen molar-refractivity contribution in [3.05, 3.63) is 69.7 Å². The molecule has 0 atom stereocenters. The summed E-state index contributed by atoms with van der Waals surface area (Å²) < 4.78 is 40.9. The van der Waals surface area contributed by atoms with Gasteiger partial charge < -0.3 is 0 Å². The summed E-state index contributed by atoms with van der Waals surface area (Å²) in [5, 5.41) is 6.35. The van der Waals surface area contributed by atoms with Crippen LogP contribution in [-0.4, -0.2) is 47.5 Å². The molecule has 0 bridgehead atoms. The lowest BCUT2D eigenvalue weighted by Gasteiger charge is -2.14. The van der Waals surface area contributed by atoms with Gasteiger partial charge in [0.05, 0.1) is 22.2 Å². The molecule has 0 saturated carbocycles. The van der Waals surface area contributed by atoms with Gasteiger partial charge in [-0.2, -0.15) is 0 Å². The Hall–Kier alpha value is -2.53. The Kier molecular flexibility index (Phi) is 6.41. The smallest absolute Gasteiger partial charge is 0.259 e. The summed E-state index contributed by atoms with van der Waals surface area (Å²) in [7, 11) is -1.22. The van der Waals surface area contributed by atoms with E-state index in [1.165, 1.54) is 37.2 Å². The molecule has 30 heavy (non-hydrogen) atoms. The minimum absolute atomic E-state index is 0.0407. The summed E-state index contributed by atoms with van der Waals surface area (Å²) in [5.74, 6) is -1.17. The van der Waals surface area contributed by atoms with Crippen LogP contribution in [0, 0.1) is 5.82 Å². The van der Waals surface area contributed by atoms with Crippen LogP contribution in [0.5, 0.6) is 0 Å². The van der Waals surface area contributed by atoms with Gasteiger partial charge in [0, 0.05) is 19.7 Å². The van der Waals surface area contributed by atoms with Gasteiger partial charge in [0.1, 0.15) is 17.0 Å². The van der Waals surface area contributed by atoms with E-state index in [4.69, 9.17) is 23.2 Å². The van der Waals surface area contributed by atoms with Crippen molar-refractivity contribution in [1.82, 2.24) is 19.1 Å². The first kappa shape index (κ1) is 22.2. The summed E-state index contributed by atoms with van der Waals surface area (Å²) in [6.45, 7) is 0.114. The van der Waals surface area contributed by atoms with Crippen molar-refractivity contribution < 1.29 is 17.6 Å². The monoisotopic (exact) mass is 471 g/mol. The van der Waals surface area contributed by atoms with Gasteiger partial charge in [-0.25, -0.2) is 26.8 Å². The Balaban J connectivity index is 1.83. The van der Waals surface area contributed by atoms with E-state index in [0.717, 1.165) is 10.4 Å². The Morgan fingerprint density at radius 1 is 1.20 bits per heavy atom. The second-order valence-corrected chi connectivity index (χ2v) is 9.30. The van der Waals surface area contributed by atoms with Gasteiger partial charge in [-0.1, -0.05) is 41.4 Å². The zero-order chi connectivity index (χ0) is 22.1. The number of aromatic nitrogens is 3. The molecule has 0 aliphatic heterocycles. The average molecular weight is 472 g/mol. The Bertz CT molecular complexity index is 1210. The molecule has 0 saturated heterocycles. The third kappa shape index (κ3) is 4.62. The van der Waals surface area contributed by atoms with Crippen LogP contribution in [0.1, 0.15) is 15.9 Å². The molecule has 1 N–H and O–H groups in total. The highest BCUT2D eigenvalue weighted by molar-refractivity contribution is 7.89. The molecule has 8 nitrogen and oxygen atoms in total. The molecule has 0 spiro atoms. The number of carbonyl (C=O) groups is 1. The molecule has 12 heteroatoms. The maximum absolute atomic E-state index is 13.8. The Labute approximate surface area is 182 Å². The fourth-order valence-electron chi connectivity index (χ4n) is 2.50. The molecular weight excluding hydrogens is 456 g/mol. The van der Waals surface area contributed by atoms with Crippen molar-refractivity contribution >= 4 is 45.1 Å². The van der Waals surface area contributed by atoms with Crippen LogP contribution in [0.25, 0.3) is 0 Å². The molecule has 0 unspecified atom stereocenters. The number of sulfonamides is 1. The minimum atomic E-state index is -3.90. The van der Waals surface area contributed by atoms with Crippen molar-refractivity contribution in [3.8, 4) is 0 Å². The maximum atomic E-state index is 13.8. The van der Waals surface area contributed by atoms with Crippen molar-refractivity contribution in [1.29, 1.82) is 0 Å². The molecule has 1 heterocycles. The number of hydrogen-bond donors (Lipinski definition) is 1. The number of anilines is 1. The van der Waals surface area contributed by atoms with Crippen molar-refractivity contribution in [2.45, 2.75) is 11.4 Å². The first-order valence-corrected chi connectivity index (χ1v) is 10.6. The normalized spacial score (nSPS) is 11.7. The van der Waals surface area contributed by atoms with Crippen LogP contribution in [0.3, 0.4) is 0 Å². The number of rotatable bonds is 6. The predicted molar refractivity (Wildman–Crippen MR) is 111 cm³/mol. The molecule has 0 radical (unpaired) electrons. The standard InChI is InChI=1S/C18H16Cl2FN5O3S/c1-25(2)30(28,29)16-7-12(13(19)8-14(16)20)17(27)23-18-22-10-26(24-18)9-11-5-3-4-6-15(11)21/h3-8,10H,9H2,1-2H3,(H,23,24,27). The number of carbonyl (C=O) groups excluding carboxylic acids is 1. The van der Waals surface area contributed by atoms with E-state index in [1.54, 1.807) is 18.2 Å². The first-order chi connectivity index (χ1) is 14.1. The van der Waals surface area contributed by atoms with Crippen LogP contribution >= 0.6 is 23.2 Å². The minimum Gasteiger partial charge on any atom is -0.289 e. The summed E-state index contributed by atoms with van der Waals surface area (Å²) >= 11 is 12.1. The molecule has 1 amide bonds. The zero-order valence-corrected chi connectivity index (χ0v) is 18.1. The van der Waals surface area contributed by atoms with E-state index in [-0.39, 0.29) is 38.8 Å². The van der Waals surface area contributed by atoms with Crippen molar-refractivity contribution in [2.24, 2.45) is 0 Å². The highest BCUT2D eigenvalue weighted by atomic mass is 35.5. The van der Waals surface area contributed by atoms with Crippen LogP contribution in [0.2, 0.25) is 10.0 Å². The second-order valence-electron chi connectivity index (χ2n) is 6.36. The molecule has 1 aromatic heterocycles. The second kappa shape index (κ2) is 8.68. The zero-order valence-electron chi connectivity index (χ0n) is 15.8. The number of benzene rings is 2. The predicted octanol–water partition coefficient (Wildman–Crippen LogP) is 3.27. The van der Waals surface area contributed by atoms with E-state index < -0.39 is 15.9 Å². The topological polar surface area (TPSA) is 97.2 Å². The Morgan fingerprint density at radius 3 is 2.57 bits per heavy atom. The SMILES string of the molecule is CN(C)S(=O)(=O)c1cc(C(=O)Nc2ncn(Cc3ccccc3F)n2)c(Cl)cc1Cl. The fraction of sp³-hybridized carbons (Fsp3) is 0.167. The molecule has 0 fully saturated rings. The van der Waals surface area contributed by atoms with Gasteiger partial charge in [-0.15, -0.1) is 5.10 Å². The van der Waals surface area contributed by atoms with Gasteiger partial charge in [0.2, 0.25) is 16.0 Å². The summed E-state index contributed by atoms with van der Waals surface area (Å²) in [6, 6.07) is 8.48. The molecule has 3 aromatic rings. The van der Waals surface area contributed by atoms with Crippen molar-refractivity contribution in [3.63, 3.8) is 0 Å². The Morgan fingerprint density at radius 2 is 1.90 bits per heavy atom. The van der Waals surface area contributed by atoms with E-state index in [9.17, 15) is 17.6 Å². The summed E-state index contributed by atoms with van der Waals surface area (Å²) in [6.07, 6.45) is 1.33. The molecular formula is C18H16Cl2FN5O3S. The third-order valence-electron chi connectivity index (χ3n) is 4.08. The molecule has 3 rings (SSSR count). The third-order valence-corrected chi connectivity index (χ3v) is 6.67. The van der Waals surface area contributed by atoms with Crippen LogP contribution in [0.15, 0.2) is 47.6 Å². The number of amides is 1. The van der Waals surface area contributed by atoms with Crippen LogP contribution in [0.4, 0.5) is 10.3 Å². The number of nitrogens with zero attached hydrogens (tertiary/aromatic N) is 4. The van der Waals surface area contributed by atoms with Gasteiger partial charge in [0.15, 0.2) is 0 Å². The van der Waals surface area contributed by atoms with Crippen LogP contribution in [-0.2, 0) is 16.6 Å². The number of halogens is 3. The molecule has 2 aromatic carbocycles. The summed E-state index contributed by atoms with van der Waals surface area (Å²) in [5.41, 5.74) is 0.284. The summed E-state index contributed by atoms with van der Waals surface area (Å²) in [4.78, 5) is 16.3. The molecule has 158 valence electrons. The maximum Gasteiger partial charge on any atom is 0.259 e.